The van der Waals surface area contributed by atoms with Crippen molar-refractivity contribution in [3.05, 3.63) is 18.2 Å². The Kier molecular flexibility index (Phi) is 1.60. The van der Waals surface area contributed by atoms with Crippen LogP contribution in [-0.2, 0) is 11.3 Å². The lowest BCUT2D eigenvalue weighted by Gasteiger charge is -2.20. The molecule has 12 heavy (non-hydrogen) atoms. The van der Waals surface area contributed by atoms with Crippen molar-refractivity contribution in [3.63, 3.8) is 0 Å². The second-order valence-corrected chi connectivity index (χ2v) is 3.08. The van der Waals surface area contributed by atoms with E-state index in [2.05, 4.69) is 4.98 Å². The van der Waals surface area contributed by atoms with Crippen LogP contribution in [0.5, 0.6) is 0 Å². The van der Waals surface area contributed by atoms with Crippen molar-refractivity contribution >= 4 is 5.91 Å². The zero-order valence-electron chi connectivity index (χ0n) is 6.73. The monoisotopic (exact) mass is 165 g/mol. The molecule has 0 bridgehead atoms. The van der Waals surface area contributed by atoms with Gasteiger partial charge in [0.05, 0.1) is 5.92 Å². The number of aryl methyl sites for hydroxylation is 1. The summed E-state index contributed by atoms with van der Waals surface area (Å²) in [5.41, 5.74) is 5.25. The van der Waals surface area contributed by atoms with E-state index in [0.717, 1.165) is 25.2 Å². The summed E-state index contributed by atoms with van der Waals surface area (Å²) in [6, 6.07) is 0. The highest BCUT2D eigenvalue weighted by atomic mass is 16.1. The zero-order chi connectivity index (χ0) is 8.55. The van der Waals surface area contributed by atoms with Crippen LogP contribution in [0.2, 0.25) is 0 Å². The predicted molar refractivity (Wildman–Crippen MR) is 43.4 cm³/mol. The molecule has 4 heteroatoms. The topological polar surface area (TPSA) is 60.9 Å². The molecule has 2 heterocycles. The highest BCUT2D eigenvalue weighted by molar-refractivity contribution is 5.81. The summed E-state index contributed by atoms with van der Waals surface area (Å²) >= 11 is 0. The van der Waals surface area contributed by atoms with Crippen LogP contribution in [-0.4, -0.2) is 15.5 Å². The van der Waals surface area contributed by atoms with Gasteiger partial charge in [-0.15, -0.1) is 0 Å². The molecule has 0 saturated carbocycles. The van der Waals surface area contributed by atoms with Gasteiger partial charge < -0.3 is 10.3 Å². The van der Waals surface area contributed by atoms with Gasteiger partial charge >= 0.3 is 0 Å². The average Bonchev–Trinajstić information content (AvgIpc) is 2.49. The number of hydrogen-bond acceptors (Lipinski definition) is 2. The summed E-state index contributed by atoms with van der Waals surface area (Å²) in [7, 11) is 0. The molecule has 2 rings (SSSR count). The van der Waals surface area contributed by atoms with E-state index in [4.69, 9.17) is 5.73 Å². The van der Waals surface area contributed by atoms with Crippen molar-refractivity contribution in [1.29, 1.82) is 0 Å². The van der Waals surface area contributed by atoms with Crippen LogP contribution >= 0.6 is 0 Å². The fourth-order valence-corrected chi connectivity index (χ4v) is 1.68. The molecule has 0 unspecified atom stereocenters. The van der Waals surface area contributed by atoms with Crippen LogP contribution in [0.1, 0.15) is 24.6 Å². The van der Waals surface area contributed by atoms with E-state index >= 15 is 0 Å². The fraction of sp³-hybridized carbons (Fsp3) is 0.500. The van der Waals surface area contributed by atoms with E-state index in [1.54, 1.807) is 6.20 Å². The molecule has 0 fully saturated rings. The van der Waals surface area contributed by atoms with Gasteiger partial charge in [-0.05, 0) is 12.8 Å². The van der Waals surface area contributed by atoms with Crippen LogP contribution in [0.3, 0.4) is 0 Å². The molecule has 0 aliphatic carbocycles. The Bertz CT molecular complexity index is 305. The van der Waals surface area contributed by atoms with Gasteiger partial charge in [-0.2, -0.15) is 0 Å². The third kappa shape index (κ3) is 0.995. The molecule has 0 radical (unpaired) electrons. The first-order chi connectivity index (χ1) is 5.79. The first-order valence-corrected chi connectivity index (χ1v) is 4.09. The van der Waals surface area contributed by atoms with E-state index in [9.17, 15) is 4.79 Å². The minimum atomic E-state index is -0.262. The summed E-state index contributed by atoms with van der Waals surface area (Å²) < 4.78 is 2.00. The number of aromatic nitrogens is 2. The Morgan fingerprint density at radius 3 is 3.33 bits per heavy atom. The first-order valence-electron chi connectivity index (χ1n) is 4.09. The number of amides is 1. The highest BCUT2D eigenvalue weighted by Gasteiger charge is 2.25. The second kappa shape index (κ2) is 2.62. The number of carbonyl (C=O) groups excluding carboxylic acids is 1. The van der Waals surface area contributed by atoms with Crippen LogP contribution in [0.25, 0.3) is 0 Å². The minimum Gasteiger partial charge on any atom is -0.369 e. The summed E-state index contributed by atoms with van der Waals surface area (Å²) in [5, 5.41) is 0. The number of carbonyl (C=O) groups is 1. The van der Waals surface area contributed by atoms with Gasteiger partial charge in [0.1, 0.15) is 5.82 Å². The Morgan fingerprint density at radius 1 is 1.75 bits per heavy atom. The van der Waals surface area contributed by atoms with Gasteiger partial charge in [-0.3, -0.25) is 4.79 Å². The SMILES string of the molecule is NC(=O)[C@H]1CCCn2ccnc21. The van der Waals surface area contributed by atoms with Crippen molar-refractivity contribution in [3.8, 4) is 0 Å². The van der Waals surface area contributed by atoms with Crippen molar-refractivity contribution < 1.29 is 4.79 Å². The average molecular weight is 165 g/mol. The van der Waals surface area contributed by atoms with E-state index in [1.165, 1.54) is 0 Å². The number of nitrogens with two attached hydrogens (primary N) is 1. The van der Waals surface area contributed by atoms with Crippen LogP contribution in [0.4, 0.5) is 0 Å². The molecule has 1 aromatic heterocycles. The van der Waals surface area contributed by atoms with Gasteiger partial charge in [-0.1, -0.05) is 0 Å². The summed E-state index contributed by atoms with van der Waals surface area (Å²) in [6.45, 7) is 0.957. The lowest BCUT2D eigenvalue weighted by Crippen LogP contribution is -2.27. The number of rotatable bonds is 1. The molecule has 1 aliphatic heterocycles. The van der Waals surface area contributed by atoms with Crippen LogP contribution < -0.4 is 5.73 Å². The Balaban J connectivity index is 2.37. The molecule has 1 aromatic rings. The van der Waals surface area contributed by atoms with Crippen molar-refractivity contribution in [1.82, 2.24) is 9.55 Å². The number of primary amides is 1. The maximum Gasteiger partial charge on any atom is 0.228 e. The lowest BCUT2D eigenvalue weighted by atomic mass is 9.98. The number of fused-ring (bicyclic) bond motifs is 1. The normalized spacial score (nSPS) is 21.8. The molecule has 1 atom stereocenters. The smallest absolute Gasteiger partial charge is 0.228 e. The molecule has 1 amide bonds. The quantitative estimate of drug-likeness (QED) is 0.648. The first kappa shape index (κ1) is 7.34. The molecule has 0 saturated heterocycles. The van der Waals surface area contributed by atoms with Gasteiger partial charge in [0.2, 0.25) is 5.91 Å². The summed E-state index contributed by atoms with van der Waals surface area (Å²) in [4.78, 5) is 15.1. The molecule has 64 valence electrons. The maximum absolute atomic E-state index is 11.0. The number of hydrogen-bond donors (Lipinski definition) is 1. The summed E-state index contributed by atoms with van der Waals surface area (Å²) in [6.07, 6.45) is 5.46. The Labute approximate surface area is 70.4 Å². The van der Waals surface area contributed by atoms with Gasteiger partial charge in [0, 0.05) is 18.9 Å². The minimum absolute atomic E-state index is 0.172. The molecule has 0 aromatic carbocycles. The second-order valence-electron chi connectivity index (χ2n) is 3.08. The predicted octanol–water partition coefficient (Wildman–Crippen LogP) is 0.246. The standard InChI is InChI=1S/C8H11N3O/c9-7(12)6-2-1-4-11-5-3-10-8(6)11/h3,5-6H,1-2,4H2,(H2,9,12)/t6-/m1/s1. The molecule has 4 nitrogen and oxygen atoms in total. The Morgan fingerprint density at radius 2 is 2.58 bits per heavy atom. The molecular weight excluding hydrogens is 154 g/mol. The summed E-state index contributed by atoms with van der Waals surface area (Å²) in [5.74, 6) is 0.393. The van der Waals surface area contributed by atoms with E-state index < -0.39 is 0 Å². The number of imidazole rings is 1. The molecule has 2 N–H and O–H groups in total. The van der Waals surface area contributed by atoms with E-state index in [1.807, 2.05) is 10.8 Å². The third-order valence-electron chi connectivity index (χ3n) is 2.29. The fourth-order valence-electron chi connectivity index (χ4n) is 1.68. The van der Waals surface area contributed by atoms with Crippen molar-refractivity contribution in [2.24, 2.45) is 5.73 Å². The largest absolute Gasteiger partial charge is 0.369 e. The highest BCUT2D eigenvalue weighted by Crippen LogP contribution is 2.24. The Hall–Kier alpha value is -1.32. The van der Waals surface area contributed by atoms with Gasteiger partial charge in [0.15, 0.2) is 0 Å². The van der Waals surface area contributed by atoms with E-state index in [-0.39, 0.29) is 11.8 Å². The van der Waals surface area contributed by atoms with Gasteiger partial charge in [0.25, 0.3) is 0 Å². The van der Waals surface area contributed by atoms with Crippen LogP contribution in [0, 0.1) is 0 Å². The molecule has 1 aliphatic rings. The molecule has 0 spiro atoms. The van der Waals surface area contributed by atoms with Gasteiger partial charge in [-0.25, -0.2) is 4.98 Å². The van der Waals surface area contributed by atoms with Crippen molar-refractivity contribution in [2.45, 2.75) is 25.3 Å². The van der Waals surface area contributed by atoms with E-state index in [0.29, 0.717) is 0 Å². The lowest BCUT2D eigenvalue weighted by molar-refractivity contribution is -0.120. The maximum atomic E-state index is 11.0. The number of nitrogens with zero attached hydrogens (tertiary/aromatic N) is 2. The third-order valence-corrected chi connectivity index (χ3v) is 2.29. The van der Waals surface area contributed by atoms with Crippen molar-refractivity contribution in [2.75, 3.05) is 0 Å². The molecular formula is C8H11N3O. The zero-order valence-corrected chi connectivity index (χ0v) is 6.73. The van der Waals surface area contributed by atoms with Crippen LogP contribution in [0.15, 0.2) is 12.4 Å².